The molecule has 0 atom stereocenters. The molecule has 0 saturated carbocycles. The number of halogens is 2. The summed E-state index contributed by atoms with van der Waals surface area (Å²) in [5.41, 5.74) is 3.35. The van der Waals surface area contributed by atoms with Gasteiger partial charge in [-0.25, -0.2) is 4.99 Å². The van der Waals surface area contributed by atoms with Crippen molar-refractivity contribution < 1.29 is 4.79 Å². The van der Waals surface area contributed by atoms with Crippen LogP contribution >= 0.6 is 23.2 Å². The van der Waals surface area contributed by atoms with Crippen molar-refractivity contribution in [2.45, 2.75) is 6.92 Å². The number of nitrogens with zero attached hydrogens (tertiary/aromatic N) is 1. The lowest BCUT2D eigenvalue weighted by atomic mass is 10.1. The lowest BCUT2D eigenvalue weighted by molar-refractivity contribution is -0.110. The normalized spacial score (nSPS) is 15.3. The van der Waals surface area contributed by atoms with Crippen LogP contribution in [0.1, 0.15) is 11.1 Å². The van der Waals surface area contributed by atoms with Crippen LogP contribution in [0, 0.1) is 6.92 Å². The third-order valence-electron chi connectivity index (χ3n) is 3.16. The van der Waals surface area contributed by atoms with Gasteiger partial charge in [-0.1, -0.05) is 29.3 Å². The summed E-state index contributed by atoms with van der Waals surface area (Å²) in [7, 11) is 0. The molecule has 1 N–H and O–H groups in total. The first-order chi connectivity index (χ1) is 9.56. The third kappa shape index (κ3) is 2.19. The van der Waals surface area contributed by atoms with Gasteiger partial charge < -0.3 is 5.32 Å². The van der Waals surface area contributed by atoms with Gasteiger partial charge >= 0.3 is 0 Å². The lowest BCUT2D eigenvalue weighted by Gasteiger charge is -2.04. The summed E-state index contributed by atoms with van der Waals surface area (Å²) in [6.07, 6.45) is 0. The maximum Gasteiger partial charge on any atom is 0.275 e. The number of carbonyl (C=O) groups excluding carboxylic acids is 1. The van der Waals surface area contributed by atoms with Crippen molar-refractivity contribution in [3.8, 4) is 0 Å². The number of rotatable bonds is 1. The minimum Gasteiger partial charge on any atom is -0.320 e. The molecule has 2 aromatic rings. The van der Waals surface area contributed by atoms with Crippen molar-refractivity contribution in [3.63, 3.8) is 0 Å². The van der Waals surface area contributed by atoms with E-state index in [1.165, 1.54) is 0 Å². The van der Waals surface area contributed by atoms with Crippen LogP contribution in [0.2, 0.25) is 10.0 Å². The SMILES string of the molecule is Cc1c(Cl)ccc2c1NC(=O)C2=Nc1cccc(Cl)c1. The van der Waals surface area contributed by atoms with E-state index in [0.717, 1.165) is 16.8 Å². The largest absolute Gasteiger partial charge is 0.320 e. The summed E-state index contributed by atoms with van der Waals surface area (Å²) in [6, 6.07) is 10.6. The molecule has 5 heteroatoms. The molecule has 1 amide bonds. The Morgan fingerprint density at radius 1 is 1.15 bits per heavy atom. The fourth-order valence-electron chi connectivity index (χ4n) is 2.13. The zero-order chi connectivity index (χ0) is 14.3. The Morgan fingerprint density at radius 2 is 1.95 bits per heavy atom. The van der Waals surface area contributed by atoms with Gasteiger partial charge in [0.1, 0.15) is 5.71 Å². The van der Waals surface area contributed by atoms with E-state index in [1.807, 2.05) is 6.92 Å². The molecule has 0 radical (unpaired) electrons. The molecule has 1 heterocycles. The van der Waals surface area contributed by atoms with E-state index in [2.05, 4.69) is 10.3 Å². The van der Waals surface area contributed by atoms with Crippen molar-refractivity contribution >= 4 is 46.2 Å². The number of anilines is 1. The maximum absolute atomic E-state index is 12.1. The summed E-state index contributed by atoms with van der Waals surface area (Å²) < 4.78 is 0. The van der Waals surface area contributed by atoms with E-state index in [9.17, 15) is 4.79 Å². The minimum absolute atomic E-state index is 0.231. The van der Waals surface area contributed by atoms with Crippen LogP contribution < -0.4 is 5.32 Å². The molecule has 2 aromatic carbocycles. The minimum atomic E-state index is -0.231. The Bertz CT molecular complexity index is 754. The molecule has 0 saturated heterocycles. The lowest BCUT2D eigenvalue weighted by Crippen LogP contribution is -2.13. The van der Waals surface area contributed by atoms with Gasteiger partial charge in [0.05, 0.1) is 11.4 Å². The van der Waals surface area contributed by atoms with Crippen LogP contribution in [0.3, 0.4) is 0 Å². The predicted molar refractivity (Wildman–Crippen MR) is 82.5 cm³/mol. The molecular formula is C15H10Cl2N2O. The zero-order valence-corrected chi connectivity index (χ0v) is 12.1. The van der Waals surface area contributed by atoms with Crippen LogP contribution in [-0.4, -0.2) is 11.6 Å². The van der Waals surface area contributed by atoms with Gasteiger partial charge in [-0.2, -0.15) is 0 Å². The van der Waals surface area contributed by atoms with Crippen LogP contribution in [0.5, 0.6) is 0 Å². The fraction of sp³-hybridized carbons (Fsp3) is 0.0667. The molecule has 100 valence electrons. The van der Waals surface area contributed by atoms with E-state index in [-0.39, 0.29) is 5.91 Å². The molecule has 0 aromatic heterocycles. The van der Waals surface area contributed by atoms with Gasteiger partial charge in [0.25, 0.3) is 5.91 Å². The highest BCUT2D eigenvalue weighted by molar-refractivity contribution is 6.54. The number of hydrogen-bond acceptors (Lipinski definition) is 2. The first-order valence-electron chi connectivity index (χ1n) is 6.01. The molecule has 1 aliphatic rings. The number of benzene rings is 2. The topological polar surface area (TPSA) is 41.5 Å². The first-order valence-corrected chi connectivity index (χ1v) is 6.77. The Kier molecular flexibility index (Phi) is 3.24. The average molecular weight is 305 g/mol. The second-order valence-electron chi connectivity index (χ2n) is 4.49. The van der Waals surface area contributed by atoms with Gasteiger partial charge in [-0.3, -0.25) is 4.79 Å². The van der Waals surface area contributed by atoms with E-state index in [4.69, 9.17) is 23.2 Å². The Morgan fingerprint density at radius 3 is 2.70 bits per heavy atom. The number of amides is 1. The van der Waals surface area contributed by atoms with Gasteiger partial charge in [0.15, 0.2) is 0 Å². The zero-order valence-electron chi connectivity index (χ0n) is 10.6. The molecule has 0 aliphatic carbocycles. The Labute approximate surface area is 126 Å². The molecule has 0 fully saturated rings. The van der Waals surface area contributed by atoms with Crippen LogP contribution in [0.4, 0.5) is 11.4 Å². The number of fused-ring (bicyclic) bond motifs is 1. The predicted octanol–water partition coefficient (Wildman–Crippen LogP) is 4.37. The van der Waals surface area contributed by atoms with E-state index >= 15 is 0 Å². The number of hydrogen-bond donors (Lipinski definition) is 1. The van der Waals surface area contributed by atoms with E-state index in [1.54, 1.807) is 36.4 Å². The summed E-state index contributed by atoms with van der Waals surface area (Å²) in [5, 5.41) is 4.00. The summed E-state index contributed by atoms with van der Waals surface area (Å²) in [5.74, 6) is -0.231. The second kappa shape index (κ2) is 4.93. The number of nitrogens with one attached hydrogen (secondary N) is 1. The third-order valence-corrected chi connectivity index (χ3v) is 3.80. The number of aliphatic imine (C=N–C) groups is 1. The molecule has 1 aliphatic heterocycles. The summed E-state index contributed by atoms with van der Waals surface area (Å²) >= 11 is 12.0. The van der Waals surface area contributed by atoms with Crippen molar-refractivity contribution in [2.75, 3.05) is 5.32 Å². The smallest absolute Gasteiger partial charge is 0.275 e. The van der Waals surface area contributed by atoms with Gasteiger partial charge in [0, 0.05) is 15.6 Å². The monoisotopic (exact) mass is 304 g/mol. The van der Waals surface area contributed by atoms with Crippen LogP contribution in [0.25, 0.3) is 0 Å². The molecule has 3 nitrogen and oxygen atoms in total. The van der Waals surface area contributed by atoms with Gasteiger partial charge in [-0.05, 0) is 42.8 Å². The van der Waals surface area contributed by atoms with E-state index < -0.39 is 0 Å². The van der Waals surface area contributed by atoms with Crippen molar-refractivity contribution in [1.29, 1.82) is 0 Å². The highest BCUT2D eigenvalue weighted by atomic mass is 35.5. The first kappa shape index (κ1) is 13.2. The highest BCUT2D eigenvalue weighted by Crippen LogP contribution is 2.33. The second-order valence-corrected chi connectivity index (χ2v) is 5.33. The van der Waals surface area contributed by atoms with Gasteiger partial charge in [-0.15, -0.1) is 0 Å². The van der Waals surface area contributed by atoms with Crippen molar-refractivity contribution in [1.82, 2.24) is 0 Å². The van der Waals surface area contributed by atoms with Gasteiger partial charge in [0.2, 0.25) is 0 Å². The Hall–Kier alpha value is -1.84. The fourth-order valence-corrected chi connectivity index (χ4v) is 2.47. The van der Waals surface area contributed by atoms with Crippen molar-refractivity contribution in [3.05, 3.63) is 57.6 Å². The molecule has 20 heavy (non-hydrogen) atoms. The standard InChI is InChI=1S/C15H10Cl2N2O/c1-8-12(17)6-5-11-13(8)19-15(20)14(11)18-10-4-2-3-9(16)7-10/h2-7H,1H3,(H,18,19,20). The Balaban J connectivity index is 2.13. The quantitative estimate of drug-likeness (QED) is 0.835. The summed E-state index contributed by atoms with van der Waals surface area (Å²) in [4.78, 5) is 16.5. The average Bonchev–Trinajstić information content (AvgIpc) is 2.72. The van der Waals surface area contributed by atoms with Crippen LogP contribution in [-0.2, 0) is 4.79 Å². The molecule has 0 spiro atoms. The van der Waals surface area contributed by atoms with E-state index in [0.29, 0.717) is 21.4 Å². The number of carbonyl (C=O) groups is 1. The maximum atomic E-state index is 12.1. The molecule has 0 bridgehead atoms. The van der Waals surface area contributed by atoms with Crippen molar-refractivity contribution in [2.24, 2.45) is 4.99 Å². The summed E-state index contributed by atoms with van der Waals surface area (Å²) in [6.45, 7) is 1.86. The molecular weight excluding hydrogens is 295 g/mol. The molecule has 3 rings (SSSR count). The highest BCUT2D eigenvalue weighted by Gasteiger charge is 2.28. The molecule has 0 unspecified atom stereocenters. The van der Waals surface area contributed by atoms with Crippen LogP contribution in [0.15, 0.2) is 41.4 Å².